The topological polar surface area (TPSA) is 54.6 Å². The van der Waals surface area contributed by atoms with Crippen LogP contribution in [0.5, 0.6) is 0 Å². The Bertz CT molecular complexity index is 590. The van der Waals surface area contributed by atoms with Crippen molar-refractivity contribution in [2.45, 2.75) is 26.6 Å². The zero-order chi connectivity index (χ0) is 15.4. The molecule has 0 amide bonds. The van der Waals surface area contributed by atoms with Crippen LogP contribution in [0, 0.1) is 6.92 Å². The Morgan fingerprint density at radius 1 is 1.18 bits per heavy atom. The molecule has 0 saturated carbocycles. The molecule has 22 heavy (non-hydrogen) atoms. The largest absolute Gasteiger partial charge is 0.377 e. The number of rotatable bonds is 6. The van der Waals surface area contributed by atoms with Gasteiger partial charge in [-0.2, -0.15) is 4.98 Å². The van der Waals surface area contributed by atoms with E-state index in [2.05, 4.69) is 39.0 Å². The molecule has 0 aromatic carbocycles. The molecule has 0 radical (unpaired) electrons. The molecule has 0 bridgehead atoms. The van der Waals surface area contributed by atoms with Crippen molar-refractivity contribution in [1.29, 1.82) is 0 Å². The Morgan fingerprint density at radius 3 is 2.55 bits per heavy atom. The number of hydrogen-bond donors (Lipinski definition) is 0. The van der Waals surface area contributed by atoms with Gasteiger partial charge in [-0.15, -0.1) is 11.3 Å². The van der Waals surface area contributed by atoms with Crippen LogP contribution in [0.1, 0.15) is 21.5 Å². The van der Waals surface area contributed by atoms with Crippen LogP contribution in [0.15, 0.2) is 16.7 Å². The zero-order valence-corrected chi connectivity index (χ0v) is 13.9. The van der Waals surface area contributed by atoms with Gasteiger partial charge < -0.3 is 9.26 Å². The standard InChI is InChI=1S/C15H22N4O2S/c1-12-3-4-13(22-12)9-18-5-7-19(8-6-18)10-15-16-14(11-20-2)17-21-15/h3-4H,5-11H2,1-2H3. The Morgan fingerprint density at radius 2 is 1.91 bits per heavy atom. The van der Waals surface area contributed by atoms with Crippen molar-refractivity contribution in [3.05, 3.63) is 33.6 Å². The number of hydrogen-bond acceptors (Lipinski definition) is 7. The average Bonchev–Trinajstić information content (AvgIpc) is 3.11. The highest BCUT2D eigenvalue weighted by Crippen LogP contribution is 2.18. The summed E-state index contributed by atoms with van der Waals surface area (Å²) in [4.78, 5) is 12.0. The second-order valence-corrected chi connectivity index (χ2v) is 6.97. The van der Waals surface area contributed by atoms with E-state index in [1.54, 1.807) is 7.11 Å². The van der Waals surface area contributed by atoms with Gasteiger partial charge in [0, 0.05) is 49.6 Å². The number of aromatic nitrogens is 2. The summed E-state index contributed by atoms with van der Waals surface area (Å²) in [7, 11) is 1.63. The molecular formula is C15H22N4O2S. The molecular weight excluding hydrogens is 300 g/mol. The molecule has 1 fully saturated rings. The van der Waals surface area contributed by atoms with Crippen molar-refractivity contribution in [1.82, 2.24) is 19.9 Å². The number of thiophene rings is 1. The highest BCUT2D eigenvalue weighted by atomic mass is 32.1. The van der Waals surface area contributed by atoms with Crippen LogP contribution in [-0.2, 0) is 24.4 Å². The lowest BCUT2D eigenvalue weighted by Gasteiger charge is -2.33. The second kappa shape index (κ2) is 7.32. The number of ether oxygens (including phenoxy) is 1. The summed E-state index contributed by atoms with van der Waals surface area (Å²) >= 11 is 1.89. The minimum atomic E-state index is 0.400. The van der Waals surface area contributed by atoms with Gasteiger partial charge in [0.15, 0.2) is 5.82 Å². The lowest BCUT2D eigenvalue weighted by Crippen LogP contribution is -2.45. The maximum absolute atomic E-state index is 5.25. The molecule has 0 spiro atoms. The van der Waals surface area contributed by atoms with E-state index in [9.17, 15) is 0 Å². The molecule has 0 aliphatic carbocycles. The minimum absolute atomic E-state index is 0.400. The fourth-order valence-corrected chi connectivity index (χ4v) is 3.56. The van der Waals surface area contributed by atoms with Crippen LogP contribution in [0.2, 0.25) is 0 Å². The predicted molar refractivity (Wildman–Crippen MR) is 84.6 cm³/mol. The molecule has 7 heteroatoms. The lowest BCUT2D eigenvalue weighted by molar-refractivity contribution is 0.113. The Hall–Kier alpha value is -1.28. The number of methoxy groups -OCH3 is 1. The molecule has 1 aliphatic rings. The van der Waals surface area contributed by atoms with Gasteiger partial charge in [-0.25, -0.2) is 0 Å². The maximum Gasteiger partial charge on any atom is 0.240 e. The minimum Gasteiger partial charge on any atom is -0.377 e. The molecule has 3 heterocycles. The molecule has 0 atom stereocenters. The Labute approximate surface area is 134 Å². The summed E-state index contributed by atoms with van der Waals surface area (Å²) in [6.07, 6.45) is 0. The van der Waals surface area contributed by atoms with Crippen LogP contribution in [0.3, 0.4) is 0 Å². The van der Waals surface area contributed by atoms with E-state index < -0.39 is 0 Å². The van der Waals surface area contributed by atoms with Gasteiger partial charge in [0.05, 0.1) is 6.54 Å². The van der Waals surface area contributed by atoms with E-state index in [-0.39, 0.29) is 0 Å². The summed E-state index contributed by atoms with van der Waals surface area (Å²) in [6.45, 7) is 8.57. The maximum atomic E-state index is 5.25. The third-order valence-corrected chi connectivity index (χ3v) is 4.77. The Kier molecular flexibility index (Phi) is 5.20. The van der Waals surface area contributed by atoms with Crippen molar-refractivity contribution < 1.29 is 9.26 Å². The van der Waals surface area contributed by atoms with Crippen molar-refractivity contribution in [2.75, 3.05) is 33.3 Å². The summed E-state index contributed by atoms with van der Waals surface area (Å²) in [5.74, 6) is 1.29. The van der Waals surface area contributed by atoms with Crippen molar-refractivity contribution in [2.24, 2.45) is 0 Å². The van der Waals surface area contributed by atoms with Gasteiger partial charge in [-0.1, -0.05) is 5.16 Å². The fourth-order valence-electron chi connectivity index (χ4n) is 2.63. The number of nitrogens with zero attached hydrogens (tertiary/aromatic N) is 4. The van der Waals surface area contributed by atoms with Crippen LogP contribution in [0.4, 0.5) is 0 Å². The van der Waals surface area contributed by atoms with Crippen LogP contribution >= 0.6 is 11.3 Å². The molecule has 1 aliphatic heterocycles. The fraction of sp³-hybridized carbons (Fsp3) is 0.600. The van der Waals surface area contributed by atoms with E-state index in [1.165, 1.54) is 9.75 Å². The summed E-state index contributed by atoms with van der Waals surface area (Å²) in [5.41, 5.74) is 0. The zero-order valence-electron chi connectivity index (χ0n) is 13.1. The molecule has 0 N–H and O–H groups in total. The van der Waals surface area contributed by atoms with Gasteiger partial charge in [0.2, 0.25) is 5.89 Å². The monoisotopic (exact) mass is 322 g/mol. The number of piperazine rings is 1. The van der Waals surface area contributed by atoms with E-state index in [0.717, 1.165) is 39.3 Å². The highest BCUT2D eigenvalue weighted by Gasteiger charge is 2.19. The molecule has 2 aromatic rings. The second-order valence-electron chi connectivity index (χ2n) is 5.60. The average molecular weight is 322 g/mol. The van der Waals surface area contributed by atoms with Gasteiger partial charge in [-0.3, -0.25) is 9.80 Å². The quantitative estimate of drug-likeness (QED) is 0.810. The van der Waals surface area contributed by atoms with Gasteiger partial charge >= 0.3 is 0 Å². The first-order valence-electron chi connectivity index (χ1n) is 7.53. The smallest absolute Gasteiger partial charge is 0.240 e. The van der Waals surface area contributed by atoms with Crippen LogP contribution in [0.25, 0.3) is 0 Å². The highest BCUT2D eigenvalue weighted by molar-refractivity contribution is 7.11. The normalized spacial score (nSPS) is 17.2. The van der Waals surface area contributed by atoms with Gasteiger partial charge in [-0.05, 0) is 19.1 Å². The first-order chi connectivity index (χ1) is 10.7. The van der Waals surface area contributed by atoms with Gasteiger partial charge in [0.25, 0.3) is 0 Å². The molecule has 1 saturated heterocycles. The molecule has 120 valence electrons. The summed E-state index contributed by atoms with van der Waals surface area (Å²) in [6, 6.07) is 4.44. The predicted octanol–water partition coefficient (Wildman–Crippen LogP) is 1.90. The first-order valence-corrected chi connectivity index (χ1v) is 8.35. The SMILES string of the molecule is COCc1noc(CN2CCN(Cc3ccc(C)s3)CC2)n1. The molecule has 0 unspecified atom stereocenters. The van der Waals surface area contributed by atoms with E-state index in [1.807, 2.05) is 11.3 Å². The third kappa shape index (κ3) is 4.13. The first kappa shape index (κ1) is 15.6. The number of aryl methyl sites for hydroxylation is 1. The lowest BCUT2D eigenvalue weighted by atomic mass is 10.3. The van der Waals surface area contributed by atoms with Crippen LogP contribution < -0.4 is 0 Å². The van der Waals surface area contributed by atoms with E-state index >= 15 is 0 Å². The molecule has 3 rings (SSSR count). The Balaban J connectivity index is 1.44. The molecule has 6 nitrogen and oxygen atoms in total. The van der Waals surface area contributed by atoms with Crippen molar-refractivity contribution in [3.63, 3.8) is 0 Å². The molecule has 2 aromatic heterocycles. The van der Waals surface area contributed by atoms with E-state index in [0.29, 0.717) is 18.3 Å². The van der Waals surface area contributed by atoms with Crippen LogP contribution in [-0.4, -0.2) is 53.2 Å². The summed E-state index contributed by atoms with van der Waals surface area (Å²) in [5, 5.41) is 3.90. The third-order valence-electron chi connectivity index (χ3n) is 3.78. The van der Waals surface area contributed by atoms with E-state index in [4.69, 9.17) is 9.26 Å². The summed E-state index contributed by atoms with van der Waals surface area (Å²) < 4.78 is 10.2. The van der Waals surface area contributed by atoms with Gasteiger partial charge in [0.1, 0.15) is 6.61 Å². The van der Waals surface area contributed by atoms with Crippen molar-refractivity contribution >= 4 is 11.3 Å². The van der Waals surface area contributed by atoms with Crippen molar-refractivity contribution in [3.8, 4) is 0 Å².